The summed E-state index contributed by atoms with van der Waals surface area (Å²) in [7, 11) is -3.29. The fourth-order valence-electron chi connectivity index (χ4n) is 1.19. The largest absolute Gasteiger partial charge is 0.355 e. The molecule has 0 radical (unpaired) electrons. The van der Waals surface area contributed by atoms with Crippen LogP contribution < -0.4 is 5.32 Å². The van der Waals surface area contributed by atoms with E-state index in [1.807, 2.05) is 0 Å². The van der Waals surface area contributed by atoms with Gasteiger partial charge in [-0.05, 0) is 19.3 Å². The molecule has 0 aliphatic carbocycles. The van der Waals surface area contributed by atoms with E-state index in [1.54, 1.807) is 0 Å². The third-order valence-corrected chi connectivity index (χ3v) is 4.63. The Morgan fingerprint density at radius 1 is 1.44 bits per heavy atom. The van der Waals surface area contributed by atoms with Crippen LogP contribution in [0.2, 0.25) is 0 Å². The van der Waals surface area contributed by atoms with Crippen molar-refractivity contribution in [3.05, 3.63) is 0 Å². The topological polar surface area (TPSA) is 63.2 Å². The Labute approximate surface area is 106 Å². The normalized spacial score (nSPS) is 15.5. The molecule has 96 valence electrons. The second kappa shape index (κ2) is 7.27. The van der Waals surface area contributed by atoms with Gasteiger partial charge in [-0.3, -0.25) is 4.79 Å². The number of carbonyl (C=O) groups is 1. The van der Waals surface area contributed by atoms with E-state index in [9.17, 15) is 13.2 Å². The van der Waals surface area contributed by atoms with Crippen LogP contribution >= 0.6 is 15.9 Å². The van der Waals surface area contributed by atoms with E-state index in [1.165, 1.54) is 6.92 Å². The summed E-state index contributed by atoms with van der Waals surface area (Å²) in [5, 5.41) is 2.61. The summed E-state index contributed by atoms with van der Waals surface area (Å²) in [5.41, 5.74) is 0. The highest BCUT2D eigenvalue weighted by atomic mass is 79.9. The van der Waals surface area contributed by atoms with Gasteiger partial charge in [-0.1, -0.05) is 29.3 Å². The number of alkyl halides is 1. The molecule has 0 saturated heterocycles. The number of halogens is 1. The van der Waals surface area contributed by atoms with Crippen molar-refractivity contribution >= 4 is 31.7 Å². The Bertz CT molecular complexity index is 316. The van der Waals surface area contributed by atoms with Crippen LogP contribution in [0.15, 0.2) is 0 Å². The molecule has 0 aromatic heterocycles. The highest BCUT2D eigenvalue weighted by molar-refractivity contribution is 9.09. The smallest absolute Gasteiger partial charge is 0.238 e. The fourth-order valence-corrected chi connectivity index (χ4v) is 2.31. The van der Waals surface area contributed by atoms with Gasteiger partial charge in [-0.25, -0.2) is 8.42 Å². The maximum Gasteiger partial charge on any atom is 0.238 e. The van der Waals surface area contributed by atoms with Crippen molar-refractivity contribution in [1.82, 2.24) is 5.32 Å². The van der Waals surface area contributed by atoms with Crippen LogP contribution in [0.25, 0.3) is 0 Å². The zero-order valence-electron chi connectivity index (χ0n) is 9.99. The quantitative estimate of drug-likeness (QED) is 0.722. The minimum Gasteiger partial charge on any atom is -0.355 e. The van der Waals surface area contributed by atoms with E-state index in [0.717, 1.165) is 24.4 Å². The Hall–Kier alpha value is -0.100. The molecular weight excluding hydrogens is 294 g/mol. The van der Waals surface area contributed by atoms with Gasteiger partial charge in [0.1, 0.15) is 5.25 Å². The number of hydrogen-bond donors (Lipinski definition) is 1. The molecule has 1 amide bonds. The average molecular weight is 314 g/mol. The summed E-state index contributed by atoms with van der Waals surface area (Å²) >= 11 is 3.35. The molecule has 0 aliphatic heterocycles. The van der Waals surface area contributed by atoms with Crippen LogP contribution in [0.4, 0.5) is 0 Å². The molecule has 0 bridgehead atoms. The molecule has 6 heteroatoms. The van der Waals surface area contributed by atoms with Gasteiger partial charge >= 0.3 is 0 Å². The van der Waals surface area contributed by atoms with E-state index in [-0.39, 0.29) is 0 Å². The van der Waals surface area contributed by atoms with Gasteiger partial charge in [-0.15, -0.1) is 0 Å². The summed E-state index contributed by atoms with van der Waals surface area (Å²) in [6, 6.07) is 0. The van der Waals surface area contributed by atoms with Crippen LogP contribution in [0.3, 0.4) is 0 Å². The van der Waals surface area contributed by atoms with Crippen LogP contribution in [-0.4, -0.2) is 37.7 Å². The van der Waals surface area contributed by atoms with Crippen molar-refractivity contribution in [3.8, 4) is 0 Å². The fraction of sp³-hybridized carbons (Fsp3) is 0.900. The number of nitrogens with one attached hydrogen (secondary N) is 1. The molecule has 0 aromatic carbocycles. The van der Waals surface area contributed by atoms with Crippen molar-refractivity contribution in [2.75, 3.05) is 18.1 Å². The summed E-state index contributed by atoms with van der Waals surface area (Å²) in [4.78, 5) is 11.5. The highest BCUT2D eigenvalue weighted by Crippen LogP contribution is 2.09. The molecule has 0 saturated carbocycles. The van der Waals surface area contributed by atoms with Gasteiger partial charge in [0.25, 0.3) is 0 Å². The Kier molecular flexibility index (Phi) is 7.22. The first-order valence-electron chi connectivity index (χ1n) is 5.35. The number of carbonyl (C=O) groups excluding carboxylic acids is 1. The Balaban J connectivity index is 4.16. The molecule has 0 spiro atoms. The predicted octanol–water partition coefficient (Wildman–Crippen LogP) is 1.35. The summed E-state index contributed by atoms with van der Waals surface area (Å²) in [6.45, 7) is 4.01. The number of amides is 1. The second-order valence-corrected chi connectivity index (χ2v) is 7.13. The monoisotopic (exact) mass is 313 g/mol. The third kappa shape index (κ3) is 5.84. The van der Waals surface area contributed by atoms with Crippen molar-refractivity contribution < 1.29 is 13.2 Å². The zero-order valence-corrected chi connectivity index (χ0v) is 12.4. The summed E-state index contributed by atoms with van der Waals surface area (Å²) < 4.78 is 22.3. The van der Waals surface area contributed by atoms with E-state index in [0.29, 0.717) is 12.5 Å². The molecule has 2 unspecified atom stereocenters. The van der Waals surface area contributed by atoms with E-state index < -0.39 is 21.0 Å². The maximum atomic E-state index is 11.5. The van der Waals surface area contributed by atoms with Gasteiger partial charge in [0.05, 0.1) is 0 Å². The average Bonchev–Trinajstić information content (AvgIpc) is 2.21. The zero-order chi connectivity index (χ0) is 12.8. The molecule has 0 fully saturated rings. The molecule has 0 heterocycles. The highest BCUT2D eigenvalue weighted by Gasteiger charge is 2.23. The van der Waals surface area contributed by atoms with Crippen molar-refractivity contribution in [1.29, 1.82) is 0 Å². The minimum atomic E-state index is -3.29. The van der Waals surface area contributed by atoms with Gasteiger partial charge < -0.3 is 5.32 Å². The lowest BCUT2D eigenvalue weighted by molar-refractivity contribution is -0.120. The lowest BCUT2D eigenvalue weighted by Gasteiger charge is -2.16. The Morgan fingerprint density at radius 2 is 2.00 bits per heavy atom. The molecule has 0 rings (SSSR count). The van der Waals surface area contributed by atoms with Crippen molar-refractivity contribution in [3.63, 3.8) is 0 Å². The first-order valence-corrected chi connectivity index (χ1v) is 8.43. The molecule has 0 aliphatic rings. The lowest BCUT2D eigenvalue weighted by Crippen LogP contribution is -2.39. The van der Waals surface area contributed by atoms with Crippen LogP contribution in [0.1, 0.15) is 26.7 Å². The maximum absolute atomic E-state index is 11.5. The van der Waals surface area contributed by atoms with E-state index in [2.05, 4.69) is 28.2 Å². The molecule has 2 atom stereocenters. The minimum absolute atomic E-state index is 0.398. The van der Waals surface area contributed by atoms with Crippen molar-refractivity contribution in [2.45, 2.75) is 31.9 Å². The van der Waals surface area contributed by atoms with Gasteiger partial charge in [-0.2, -0.15) is 0 Å². The number of hydrogen-bond acceptors (Lipinski definition) is 3. The van der Waals surface area contributed by atoms with Crippen LogP contribution in [-0.2, 0) is 14.6 Å². The summed E-state index contributed by atoms with van der Waals surface area (Å²) in [6.07, 6.45) is 3.02. The van der Waals surface area contributed by atoms with Gasteiger partial charge in [0, 0.05) is 18.1 Å². The van der Waals surface area contributed by atoms with Crippen molar-refractivity contribution in [2.24, 2.45) is 5.92 Å². The van der Waals surface area contributed by atoms with E-state index in [4.69, 9.17) is 0 Å². The predicted molar refractivity (Wildman–Crippen MR) is 69.5 cm³/mol. The van der Waals surface area contributed by atoms with Gasteiger partial charge in [0.2, 0.25) is 5.91 Å². The first kappa shape index (κ1) is 15.9. The SMILES string of the molecule is CCC(CCBr)CNC(=O)C(C)S(C)(=O)=O. The second-order valence-electron chi connectivity index (χ2n) is 3.97. The number of rotatable bonds is 7. The molecular formula is C10H20BrNO3S. The van der Waals surface area contributed by atoms with Gasteiger partial charge in [0.15, 0.2) is 9.84 Å². The molecule has 4 nitrogen and oxygen atoms in total. The van der Waals surface area contributed by atoms with E-state index >= 15 is 0 Å². The molecule has 16 heavy (non-hydrogen) atoms. The molecule has 1 N–H and O–H groups in total. The molecule has 0 aromatic rings. The number of sulfone groups is 1. The third-order valence-electron chi connectivity index (χ3n) is 2.67. The van der Waals surface area contributed by atoms with Crippen LogP contribution in [0, 0.1) is 5.92 Å². The first-order chi connectivity index (χ1) is 7.32. The van der Waals surface area contributed by atoms with Crippen LogP contribution in [0.5, 0.6) is 0 Å². The summed E-state index contributed by atoms with van der Waals surface area (Å²) in [5.74, 6) is -0.00870. The standard InChI is InChI=1S/C10H20BrNO3S/c1-4-9(5-6-11)7-12-10(13)8(2)16(3,14)15/h8-9H,4-7H2,1-3H3,(H,12,13). The Morgan fingerprint density at radius 3 is 2.38 bits per heavy atom. The lowest BCUT2D eigenvalue weighted by atomic mass is 10.0.